The van der Waals surface area contributed by atoms with Gasteiger partial charge < -0.3 is 15.7 Å². The van der Waals surface area contributed by atoms with Gasteiger partial charge in [0.15, 0.2) is 5.69 Å². The lowest BCUT2D eigenvalue weighted by Crippen LogP contribution is -2.34. The highest BCUT2D eigenvalue weighted by molar-refractivity contribution is 5.95. The number of aryl methyl sites for hydroxylation is 1. The van der Waals surface area contributed by atoms with Crippen molar-refractivity contribution in [1.29, 1.82) is 0 Å². The first-order valence-corrected chi connectivity index (χ1v) is 9.47. The van der Waals surface area contributed by atoms with E-state index in [1.807, 2.05) is 48.9 Å². The van der Waals surface area contributed by atoms with Crippen LogP contribution in [0.1, 0.15) is 27.4 Å². The zero-order valence-corrected chi connectivity index (χ0v) is 16.8. The van der Waals surface area contributed by atoms with Crippen LogP contribution in [0.3, 0.4) is 0 Å². The molecule has 0 aliphatic rings. The standard InChI is InChI=1S/C22H23N5O3/c1-15-18(16(2)27(26-15)17-7-4-3-5-8-17)10-11-20(29)23-13-14-25-22(30)21-19(28)9-6-12-24-21/h3-12,28H,13-14H2,1-2H3,(H,23,29)(H,25,30)/b11-10+. The number of aromatic hydroxyl groups is 1. The normalized spacial score (nSPS) is 10.9. The van der Waals surface area contributed by atoms with Gasteiger partial charge >= 0.3 is 0 Å². The predicted octanol–water partition coefficient (Wildman–Crippen LogP) is 2.15. The maximum Gasteiger partial charge on any atom is 0.273 e. The summed E-state index contributed by atoms with van der Waals surface area (Å²) in [6, 6.07) is 12.7. The maximum atomic E-state index is 12.1. The number of carbonyl (C=O) groups excluding carboxylic acids is 2. The Balaban J connectivity index is 1.52. The minimum atomic E-state index is -0.502. The van der Waals surface area contributed by atoms with Gasteiger partial charge in [-0.25, -0.2) is 9.67 Å². The van der Waals surface area contributed by atoms with Crippen LogP contribution >= 0.6 is 0 Å². The molecule has 2 amide bonds. The van der Waals surface area contributed by atoms with Crippen LogP contribution in [-0.4, -0.2) is 44.8 Å². The third-order valence-electron chi connectivity index (χ3n) is 4.46. The molecule has 30 heavy (non-hydrogen) atoms. The quantitative estimate of drug-likeness (QED) is 0.412. The van der Waals surface area contributed by atoms with Crippen molar-refractivity contribution in [3.05, 3.63) is 77.4 Å². The smallest absolute Gasteiger partial charge is 0.273 e. The molecule has 2 aromatic heterocycles. The first-order chi connectivity index (χ1) is 14.5. The van der Waals surface area contributed by atoms with Crippen LogP contribution in [0.5, 0.6) is 5.75 Å². The second-order valence-corrected chi connectivity index (χ2v) is 6.58. The van der Waals surface area contributed by atoms with Crippen molar-refractivity contribution in [2.45, 2.75) is 13.8 Å². The van der Waals surface area contributed by atoms with E-state index < -0.39 is 5.91 Å². The van der Waals surface area contributed by atoms with E-state index in [-0.39, 0.29) is 30.4 Å². The van der Waals surface area contributed by atoms with Crippen LogP contribution < -0.4 is 10.6 Å². The molecule has 3 N–H and O–H groups in total. The maximum absolute atomic E-state index is 12.1. The summed E-state index contributed by atoms with van der Waals surface area (Å²) in [7, 11) is 0. The Morgan fingerprint density at radius 3 is 2.53 bits per heavy atom. The Morgan fingerprint density at radius 2 is 1.80 bits per heavy atom. The van der Waals surface area contributed by atoms with E-state index in [1.165, 1.54) is 24.4 Å². The summed E-state index contributed by atoms with van der Waals surface area (Å²) < 4.78 is 1.84. The fraction of sp³-hybridized carbons (Fsp3) is 0.182. The first kappa shape index (κ1) is 20.8. The van der Waals surface area contributed by atoms with Crippen molar-refractivity contribution in [1.82, 2.24) is 25.4 Å². The molecule has 3 aromatic rings. The number of benzene rings is 1. The number of hydrogen-bond acceptors (Lipinski definition) is 5. The minimum Gasteiger partial charge on any atom is -0.505 e. The zero-order valence-electron chi connectivity index (χ0n) is 16.8. The molecule has 1 aromatic carbocycles. The molecule has 0 unspecified atom stereocenters. The summed E-state index contributed by atoms with van der Waals surface area (Å²) >= 11 is 0. The van der Waals surface area contributed by atoms with Gasteiger partial charge in [0.2, 0.25) is 5.91 Å². The van der Waals surface area contributed by atoms with Crippen LogP contribution in [0.2, 0.25) is 0 Å². The molecule has 0 radical (unpaired) electrons. The summed E-state index contributed by atoms with van der Waals surface area (Å²) in [5.41, 5.74) is 3.54. The molecule has 154 valence electrons. The molecule has 8 heteroatoms. The molecular weight excluding hydrogens is 382 g/mol. The number of pyridine rings is 1. The third-order valence-corrected chi connectivity index (χ3v) is 4.46. The zero-order chi connectivity index (χ0) is 21.5. The highest BCUT2D eigenvalue weighted by atomic mass is 16.3. The SMILES string of the molecule is Cc1nn(-c2ccccc2)c(C)c1/C=C/C(=O)NCCNC(=O)c1ncccc1O. The van der Waals surface area contributed by atoms with Gasteiger partial charge in [-0.05, 0) is 44.2 Å². The summed E-state index contributed by atoms with van der Waals surface area (Å²) in [5.74, 6) is -0.975. The molecule has 8 nitrogen and oxygen atoms in total. The summed E-state index contributed by atoms with van der Waals surface area (Å²) in [4.78, 5) is 27.9. The van der Waals surface area contributed by atoms with Gasteiger partial charge in [0.05, 0.1) is 11.4 Å². The molecule has 0 fully saturated rings. The van der Waals surface area contributed by atoms with Gasteiger partial charge in [0.25, 0.3) is 5.91 Å². The molecule has 0 aliphatic heterocycles. The third kappa shape index (κ3) is 4.91. The Labute approximate surface area is 174 Å². The van der Waals surface area contributed by atoms with Gasteiger partial charge in [-0.15, -0.1) is 0 Å². The monoisotopic (exact) mass is 405 g/mol. The van der Waals surface area contributed by atoms with E-state index >= 15 is 0 Å². The van der Waals surface area contributed by atoms with Crippen molar-refractivity contribution in [3.8, 4) is 11.4 Å². The fourth-order valence-electron chi connectivity index (χ4n) is 2.95. The van der Waals surface area contributed by atoms with Gasteiger partial charge in [-0.2, -0.15) is 5.10 Å². The highest BCUT2D eigenvalue weighted by Gasteiger charge is 2.12. The average Bonchev–Trinajstić information content (AvgIpc) is 3.04. The van der Waals surface area contributed by atoms with Crippen LogP contribution in [0.15, 0.2) is 54.7 Å². The van der Waals surface area contributed by atoms with Crippen LogP contribution in [0, 0.1) is 13.8 Å². The van der Waals surface area contributed by atoms with E-state index in [0.717, 1.165) is 22.6 Å². The summed E-state index contributed by atoms with van der Waals surface area (Å²) in [6.45, 7) is 4.29. The molecule has 3 rings (SSSR count). The number of nitrogens with zero attached hydrogens (tertiary/aromatic N) is 3. The van der Waals surface area contributed by atoms with E-state index in [4.69, 9.17) is 0 Å². The number of para-hydroxylation sites is 1. The number of aromatic nitrogens is 3. The van der Waals surface area contributed by atoms with Crippen molar-refractivity contribution < 1.29 is 14.7 Å². The molecule has 0 bridgehead atoms. The Bertz CT molecular complexity index is 1070. The number of amides is 2. The van der Waals surface area contributed by atoms with Crippen LogP contribution in [0.25, 0.3) is 11.8 Å². The molecule has 0 aliphatic carbocycles. The van der Waals surface area contributed by atoms with Crippen LogP contribution in [-0.2, 0) is 4.79 Å². The lowest BCUT2D eigenvalue weighted by atomic mass is 10.2. The second-order valence-electron chi connectivity index (χ2n) is 6.58. The van der Waals surface area contributed by atoms with Crippen molar-refractivity contribution in [2.75, 3.05) is 13.1 Å². The average molecular weight is 405 g/mol. The topological polar surface area (TPSA) is 109 Å². The van der Waals surface area contributed by atoms with Crippen molar-refractivity contribution in [2.24, 2.45) is 0 Å². The van der Waals surface area contributed by atoms with E-state index in [2.05, 4.69) is 20.7 Å². The van der Waals surface area contributed by atoms with Gasteiger partial charge in [-0.1, -0.05) is 18.2 Å². The second kappa shape index (κ2) is 9.51. The van der Waals surface area contributed by atoms with Crippen LogP contribution in [0.4, 0.5) is 0 Å². The van der Waals surface area contributed by atoms with Gasteiger partial charge in [0.1, 0.15) is 5.75 Å². The van der Waals surface area contributed by atoms with Crippen molar-refractivity contribution >= 4 is 17.9 Å². The Morgan fingerprint density at radius 1 is 1.07 bits per heavy atom. The summed E-state index contributed by atoms with van der Waals surface area (Å²) in [6.07, 6.45) is 4.60. The minimum absolute atomic E-state index is 0.0508. The molecular formula is C22H23N5O3. The van der Waals surface area contributed by atoms with Gasteiger partial charge in [0, 0.05) is 36.6 Å². The number of nitrogens with one attached hydrogen (secondary N) is 2. The predicted molar refractivity (Wildman–Crippen MR) is 113 cm³/mol. The molecule has 0 saturated heterocycles. The van der Waals surface area contributed by atoms with E-state index in [0.29, 0.717) is 0 Å². The molecule has 0 saturated carbocycles. The van der Waals surface area contributed by atoms with E-state index in [9.17, 15) is 14.7 Å². The van der Waals surface area contributed by atoms with E-state index in [1.54, 1.807) is 6.08 Å². The lowest BCUT2D eigenvalue weighted by molar-refractivity contribution is -0.116. The fourth-order valence-corrected chi connectivity index (χ4v) is 2.95. The number of rotatable bonds is 7. The Kier molecular flexibility index (Phi) is 6.59. The Hall–Kier alpha value is -3.94. The molecule has 2 heterocycles. The molecule has 0 spiro atoms. The lowest BCUT2D eigenvalue weighted by Gasteiger charge is -2.06. The van der Waals surface area contributed by atoms with Crippen molar-refractivity contribution in [3.63, 3.8) is 0 Å². The summed E-state index contributed by atoms with van der Waals surface area (Å²) in [5, 5.41) is 19.5. The number of hydrogen-bond donors (Lipinski definition) is 3. The largest absolute Gasteiger partial charge is 0.505 e. The number of carbonyl (C=O) groups is 2. The highest BCUT2D eigenvalue weighted by Crippen LogP contribution is 2.19. The van der Waals surface area contributed by atoms with Gasteiger partial charge in [-0.3, -0.25) is 9.59 Å². The first-order valence-electron chi connectivity index (χ1n) is 9.47. The molecule has 0 atom stereocenters.